The number of ether oxygens (including phenoxy) is 1. The average Bonchev–Trinajstić information content (AvgIpc) is 2.76. The first-order valence-corrected chi connectivity index (χ1v) is 10.5. The van der Waals surface area contributed by atoms with Gasteiger partial charge in [-0.15, -0.1) is 0 Å². The first-order chi connectivity index (χ1) is 14.2. The summed E-state index contributed by atoms with van der Waals surface area (Å²) in [7, 11) is 0. The smallest absolute Gasteiger partial charge is 0.329 e. The number of aromatic nitrogens is 2. The van der Waals surface area contributed by atoms with Gasteiger partial charge >= 0.3 is 5.97 Å². The second-order valence-corrected chi connectivity index (χ2v) is 7.49. The van der Waals surface area contributed by atoms with E-state index in [0.29, 0.717) is 29.6 Å². The van der Waals surface area contributed by atoms with Gasteiger partial charge in [-0.25, -0.2) is 9.97 Å². The Balaban J connectivity index is 1.90. The summed E-state index contributed by atoms with van der Waals surface area (Å²) in [5, 5.41) is 16.5. The standard InChI is InChI=1S/C22H29N5O2/c1-3-15(4-2)14-29-22(28)17(13-23)20-21(25-16-9-11-24-12-10-16)27-19-8-6-5-7-18(19)26-20/h5-8,15-17,24H,3-4,9-12,14H2,1-2H3,(H,25,27). The molecular weight excluding hydrogens is 366 g/mol. The molecule has 7 nitrogen and oxygen atoms in total. The zero-order valence-corrected chi connectivity index (χ0v) is 17.1. The van der Waals surface area contributed by atoms with E-state index in [1.165, 1.54) is 0 Å². The van der Waals surface area contributed by atoms with Gasteiger partial charge in [0.1, 0.15) is 5.69 Å². The molecule has 1 atom stereocenters. The Morgan fingerprint density at radius 2 is 1.90 bits per heavy atom. The van der Waals surface area contributed by atoms with E-state index in [1.807, 2.05) is 24.3 Å². The molecular formula is C22H29N5O2. The maximum absolute atomic E-state index is 12.7. The summed E-state index contributed by atoms with van der Waals surface area (Å²) in [5.41, 5.74) is 1.74. The minimum Gasteiger partial charge on any atom is -0.464 e. The van der Waals surface area contributed by atoms with Gasteiger partial charge in [-0.2, -0.15) is 5.26 Å². The number of carbonyl (C=O) groups is 1. The molecule has 0 amide bonds. The molecule has 0 saturated carbocycles. The Kier molecular flexibility index (Phi) is 7.36. The number of nitrogens with one attached hydrogen (secondary N) is 2. The first-order valence-electron chi connectivity index (χ1n) is 10.5. The number of hydrogen-bond acceptors (Lipinski definition) is 7. The molecule has 1 aliphatic heterocycles. The van der Waals surface area contributed by atoms with Gasteiger partial charge in [0.2, 0.25) is 0 Å². The van der Waals surface area contributed by atoms with Crippen molar-refractivity contribution >= 4 is 22.8 Å². The third-order valence-corrected chi connectivity index (χ3v) is 5.53. The van der Waals surface area contributed by atoms with Crippen molar-refractivity contribution in [2.45, 2.75) is 51.5 Å². The van der Waals surface area contributed by atoms with Gasteiger partial charge in [0.05, 0.1) is 23.7 Å². The molecule has 1 aromatic carbocycles. The lowest BCUT2D eigenvalue weighted by atomic mass is 10.0. The van der Waals surface area contributed by atoms with Crippen LogP contribution < -0.4 is 10.6 Å². The highest BCUT2D eigenvalue weighted by molar-refractivity contribution is 5.85. The van der Waals surface area contributed by atoms with Crippen LogP contribution in [0.15, 0.2) is 24.3 Å². The van der Waals surface area contributed by atoms with Crippen molar-refractivity contribution in [3.63, 3.8) is 0 Å². The molecule has 7 heteroatoms. The van der Waals surface area contributed by atoms with Crippen molar-refractivity contribution in [2.75, 3.05) is 25.0 Å². The molecule has 1 unspecified atom stereocenters. The Hall–Kier alpha value is -2.72. The van der Waals surface area contributed by atoms with Gasteiger partial charge in [-0.3, -0.25) is 4.79 Å². The first kappa shape index (κ1) is 21.0. The number of fused-ring (bicyclic) bond motifs is 1. The highest BCUT2D eigenvalue weighted by atomic mass is 16.5. The Morgan fingerprint density at radius 1 is 1.24 bits per heavy atom. The molecule has 1 fully saturated rings. The van der Waals surface area contributed by atoms with Gasteiger partial charge in [0, 0.05) is 6.04 Å². The molecule has 2 aromatic rings. The Bertz CT molecular complexity index is 869. The lowest BCUT2D eigenvalue weighted by Crippen LogP contribution is -2.36. The van der Waals surface area contributed by atoms with Crippen molar-refractivity contribution in [3.8, 4) is 6.07 Å². The predicted molar refractivity (Wildman–Crippen MR) is 112 cm³/mol. The van der Waals surface area contributed by atoms with Crippen molar-refractivity contribution < 1.29 is 9.53 Å². The monoisotopic (exact) mass is 395 g/mol. The van der Waals surface area contributed by atoms with Crippen molar-refractivity contribution in [1.29, 1.82) is 5.26 Å². The number of nitrogens with zero attached hydrogens (tertiary/aromatic N) is 3. The van der Waals surface area contributed by atoms with E-state index in [2.05, 4.69) is 35.5 Å². The Morgan fingerprint density at radius 3 is 2.52 bits per heavy atom. The van der Waals surface area contributed by atoms with E-state index >= 15 is 0 Å². The van der Waals surface area contributed by atoms with E-state index in [-0.39, 0.29) is 6.04 Å². The molecule has 1 saturated heterocycles. The number of anilines is 1. The van der Waals surface area contributed by atoms with Crippen LogP contribution in [0.1, 0.15) is 51.1 Å². The van der Waals surface area contributed by atoms with Crippen LogP contribution in [0.5, 0.6) is 0 Å². The Labute approximate surface area is 171 Å². The maximum Gasteiger partial charge on any atom is 0.329 e. The minimum atomic E-state index is -1.11. The molecule has 154 valence electrons. The zero-order valence-electron chi connectivity index (χ0n) is 17.1. The van der Waals surface area contributed by atoms with Crippen molar-refractivity contribution in [2.24, 2.45) is 5.92 Å². The molecule has 2 N–H and O–H groups in total. The number of carbonyl (C=O) groups excluding carboxylic acids is 1. The molecule has 0 spiro atoms. The molecule has 0 aliphatic carbocycles. The fourth-order valence-electron chi connectivity index (χ4n) is 3.51. The number of para-hydroxylation sites is 2. The summed E-state index contributed by atoms with van der Waals surface area (Å²) < 4.78 is 5.48. The molecule has 1 aromatic heterocycles. The highest BCUT2D eigenvalue weighted by Gasteiger charge is 2.29. The topological polar surface area (TPSA) is 99.9 Å². The summed E-state index contributed by atoms with van der Waals surface area (Å²) in [6.45, 7) is 6.31. The summed E-state index contributed by atoms with van der Waals surface area (Å²) in [4.78, 5) is 22.1. The zero-order chi connectivity index (χ0) is 20.6. The van der Waals surface area contributed by atoms with Crippen molar-refractivity contribution in [1.82, 2.24) is 15.3 Å². The van der Waals surface area contributed by atoms with E-state index in [9.17, 15) is 10.1 Å². The van der Waals surface area contributed by atoms with E-state index in [0.717, 1.165) is 44.3 Å². The third kappa shape index (κ3) is 5.21. The maximum atomic E-state index is 12.7. The fourth-order valence-corrected chi connectivity index (χ4v) is 3.51. The molecule has 1 aliphatic rings. The lowest BCUT2D eigenvalue weighted by Gasteiger charge is -2.25. The van der Waals surface area contributed by atoms with E-state index in [1.54, 1.807) is 0 Å². The third-order valence-electron chi connectivity index (χ3n) is 5.53. The van der Waals surface area contributed by atoms with Crippen LogP contribution in [-0.2, 0) is 9.53 Å². The van der Waals surface area contributed by atoms with E-state index < -0.39 is 11.9 Å². The second-order valence-electron chi connectivity index (χ2n) is 7.49. The summed E-state index contributed by atoms with van der Waals surface area (Å²) >= 11 is 0. The summed E-state index contributed by atoms with van der Waals surface area (Å²) in [6.07, 6.45) is 3.76. The van der Waals surface area contributed by atoms with Crippen LogP contribution in [0.4, 0.5) is 5.82 Å². The van der Waals surface area contributed by atoms with E-state index in [4.69, 9.17) is 9.72 Å². The fraction of sp³-hybridized carbons (Fsp3) is 0.545. The van der Waals surface area contributed by atoms with Crippen LogP contribution in [0.3, 0.4) is 0 Å². The molecule has 3 rings (SSSR count). The number of piperidine rings is 1. The summed E-state index contributed by atoms with van der Waals surface area (Å²) in [5.74, 6) is -0.863. The predicted octanol–water partition coefficient (Wildman–Crippen LogP) is 3.38. The summed E-state index contributed by atoms with van der Waals surface area (Å²) in [6, 6.07) is 9.80. The number of hydrogen-bond donors (Lipinski definition) is 2. The second kappa shape index (κ2) is 10.2. The lowest BCUT2D eigenvalue weighted by molar-refractivity contribution is -0.145. The quantitative estimate of drug-likeness (QED) is 0.661. The molecule has 29 heavy (non-hydrogen) atoms. The normalized spacial score (nSPS) is 15.8. The average molecular weight is 396 g/mol. The van der Waals surface area contributed by atoms with Gasteiger partial charge in [-0.05, 0) is 44.0 Å². The van der Waals surface area contributed by atoms with Crippen LogP contribution >= 0.6 is 0 Å². The molecule has 0 radical (unpaired) electrons. The number of rotatable bonds is 8. The van der Waals surface area contributed by atoms with Gasteiger partial charge in [0.25, 0.3) is 0 Å². The van der Waals surface area contributed by atoms with Crippen LogP contribution in [0.25, 0.3) is 11.0 Å². The van der Waals surface area contributed by atoms with Gasteiger partial charge in [-0.1, -0.05) is 38.8 Å². The number of nitriles is 1. The van der Waals surface area contributed by atoms with Crippen molar-refractivity contribution in [3.05, 3.63) is 30.0 Å². The van der Waals surface area contributed by atoms with Crippen LogP contribution in [-0.4, -0.2) is 41.7 Å². The number of benzene rings is 1. The number of esters is 1. The van der Waals surface area contributed by atoms with Gasteiger partial charge in [0.15, 0.2) is 11.7 Å². The minimum absolute atomic E-state index is 0.227. The molecule has 0 bridgehead atoms. The van der Waals surface area contributed by atoms with Gasteiger partial charge < -0.3 is 15.4 Å². The SMILES string of the molecule is CCC(CC)COC(=O)C(C#N)c1nc2ccccc2nc1NC1CCNCC1. The highest BCUT2D eigenvalue weighted by Crippen LogP contribution is 2.27. The molecule has 2 heterocycles. The van der Waals surface area contributed by atoms with Crippen LogP contribution in [0, 0.1) is 17.2 Å². The van der Waals surface area contributed by atoms with Crippen LogP contribution in [0.2, 0.25) is 0 Å². The largest absolute Gasteiger partial charge is 0.464 e.